The van der Waals surface area contributed by atoms with Crippen LogP contribution in [0.5, 0.6) is 5.88 Å². The maximum atomic E-state index is 13.1. The first-order chi connectivity index (χ1) is 16.3. The number of carbonyl (C=O) groups is 1. The van der Waals surface area contributed by atoms with Crippen molar-refractivity contribution in [3.8, 4) is 5.88 Å². The van der Waals surface area contributed by atoms with E-state index in [-0.39, 0.29) is 23.4 Å². The molecule has 10 nitrogen and oxygen atoms in total. The number of aromatic hydroxyl groups is 1. The standard InChI is InChI=1S/C24H34N6O4/c1-15(2)14-29-22-16(3-8-19(31)28-11-9-27(10-12-28)18-6-7-18)13-25-30(22)24(34)20(23(29)33)21(32)26-17-4-5-17/h3,8,13,15,17-19,31,33H,4-7,9-12,14H2,1-2H3,(H,26,32)/b8-3+. The van der Waals surface area contributed by atoms with Gasteiger partial charge in [0.05, 0.1) is 6.20 Å². The smallest absolute Gasteiger partial charge is 0.291 e. The zero-order chi connectivity index (χ0) is 24.0. The molecule has 3 aliphatic rings. The molecule has 1 saturated heterocycles. The summed E-state index contributed by atoms with van der Waals surface area (Å²) in [6.07, 6.45) is 8.53. The van der Waals surface area contributed by atoms with E-state index < -0.39 is 17.7 Å². The predicted octanol–water partition coefficient (Wildman–Crippen LogP) is 0.861. The van der Waals surface area contributed by atoms with E-state index in [9.17, 15) is 19.8 Å². The van der Waals surface area contributed by atoms with Crippen molar-refractivity contribution in [1.29, 1.82) is 0 Å². The number of aromatic nitrogens is 3. The molecule has 1 unspecified atom stereocenters. The van der Waals surface area contributed by atoms with Gasteiger partial charge in [-0.3, -0.25) is 24.0 Å². The van der Waals surface area contributed by atoms with Crippen LogP contribution in [0.2, 0.25) is 0 Å². The molecule has 0 aromatic carbocycles. The Kier molecular flexibility index (Phi) is 6.22. The number of nitrogens with one attached hydrogen (secondary N) is 1. The van der Waals surface area contributed by atoms with Gasteiger partial charge in [-0.1, -0.05) is 13.8 Å². The molecule has 0 radical (unpaired) electrons. The van der Waals surface area contributed by atoms with Gasteiger partial charge >= 0.3 is 0 Å². The minimum Gasteiger partial charge on any atom is -0.494 e. The summed E-state index contributed by atoms with van der Waals surface area (Å²) >= 11 is 0. The van der Waals surface area contributed by atoms with Gasteiger partial charge in [0, 0.05) is 50.4 Å². The van der Waals surface area contributed by atoms with E-state index >= 15 is 0 Å². The van der Waals surface area contributed by atoms with Crippen molar-refractivity contribution in [3.63, 3.8) is 0 Å². The average Bonchev–Trinajstić information content (AvgIpc) is 3.74. The molecule has 2 aromatic rings. The number of carbonyl (C=O) groups excluding carboxylic acids is 1. The lowest BCUT2D eigenvalue weighted by molar-refractivity contribution is 0.00420. The fourth-order valence-electron chi connectivity index (χ4n) is 4.67. The maximum absolute atomic E-state index is 13.1. The Morgan fingerprint density at radius 2 is 1.91 bits per heavy atom. The summed E-state index contributed by atoms with van der Waals surface area (Å²) in [5.41, 5.74) is 0.0633. The summed E-state index contributed by atoms with van der Waals surface area (Å²) in [5.74, 6) is -0.773. The van der Waals surface area contributed by atoms with Crippen LogP contribution < -0.4 is 10.9 Å². The molecule has 1 amide bonds. The molecule has 3 fully saturated rings. The van der Waals surface area contributed by atoms with Crippen molar-refractivity contribution in [2.24, 2.45) is 5.92 Å². The average molecular weight is 471 g/mol. The van der Waals surface area contributed by atoms with Crippen molar-refractivity contribution in [2.75, 3.05) is 26.2 Å². The zero-order valence-corrected chi connectivity index (χ0v) is 19.9. The lowest BCUT2D eigenvalue weighted by atomic mass is 10.2. The van der Waals surface area contributed by atoms with Crippen LogP contribution in [-0.2, 0) is 6.54 Å². The number of hydrogen-bond acceptors (Lipinski definition) is 7. The Morgan fingerprint density at radius 1 is 1.21 bits per heavy atom. The number of rotatable bonds is 8. The summed E-state index contributed by atoms with van der Waals surface area (Å²) < 4.78 is 2.74. The fraction of sp³-hybridized carbons (Fsp3) is 0.625. The van der Waals surface area contributed by atoms with Crippen molar-refractivity contribution >= 4 is 17.6 Å². The molecule has 3 heterocycles. The minimum absolute atomic E-state index is 0.0595. The van der Waals surface area contributed by atoms with Crippen LogP contribution in [0.1, 0.15) is 55.5 Å². The molecule has 34 heavy (non-hydrogen) atoms. The highest BCUT2D eigenvalue weighted by Crippen LogP contribution is 2.28. The summed E-state index contributed by atoms with van der Waals surface area (Å²) in [6.45, 7) is 7.91. The van der Waals surface area contributed by atoms with Gasteiger partial charge in [0.25, 0.3) is 11.5 Å². The quantitative estimate of drug-likeness (QED) is 0.524. The van der Waals surface area contributed by atoms with Gasteiger partial charge in [-0.2, -0.15) is 9.61 Å². The highest BCUT2D eigenvalue weighted by Gasteiger charge is 2.32. The van der Waals surface area contributed by atoms with E-state index in [0.717, 1.165) is 45.1 Å². The van der Waals surface area contributed by atoms with Crippen molar-refractivity contribution in [2.45, 2.75) is 64.4 Å². The molecule has 2 saturated carbocycles. The lowest BCUT2D eigenvalue weighted by Gasteiger charge is -2.36. The molecular formula is C24H34N6O4. The van der Waals surface area contributed by atoms with Crippen molar-refractivity contribution < 1.29 is 15.0 Å². The van der Waals surface area contributed by atoms with E-state index in [2.05, 4.69) is 15.3 Å². The third-order valence-corrected chi connectivity index (χ3v) is 6.83. The highest BCUT2D eigenvalue weighted by molar-refractivity contribution is 5.96. The number of hydrogen-bond donors (Lipinski definition) is 3. The normalized spacial score (nSPS) is 21.1. The first-order valence-electron chi connectivity index (χ1n) is 12.3. The Balaban J connectivity index is 1.43. The van der Waals surface area contributed by atoms with Crippen LogP contribution in [0.25, 0.3) is 11.7 Å². The summed E-state index contributed by atoms with van der Waals surface area (Å²) in [5, 5.41) is 28.7. The third-order valence-electron chi connectivity index (χ3n) is 6.83. The van der Waals surface area contributed by atoms with Gasteiger partial charge in [-0.15, -0.1) is 0 Å². The molecule has 2 aliphatic carbocycles. The Morgan fingerprint density at radius 3 is 2.53 bits per heavy atom. The van der Waals surface area contributed by atoms with Crippen LogP contribution >= 0.6 is 0 Å². The molecule has 3 N–H and O–H groups in total. The predicted molar refractivity (Wildman–Crippen MR) is 128 cm³/mol. The number of aliphatic hydroxyl groups excluding tert-OH is 1. The number of piperazine rings is 1. The van der Waals surface area contributed by atoms with Gasteiger partial charge < -0.3 is 15.5 Å². The first kappa shape index (κ1) is 23.1. The minimum atomic E-state index is -0.751. The molecule has 2 aromatic heterocycles. The van der Waals surface area contributed by atoms with Crippen molar-refractivity contribution in [1.82, 2.24) is 29.3 Å². The Hall–Kier alpha value is -2.69. The summed E-state index contributed by atoms with van der Waals surface area (Å²) in [4.78, 5) is 30.3. The summed E-state index contributed by atoms with van der Waals surface area (Å²) in [6, 6.07) is 0.791. The second-order valence-electron chi connectivity index (χ2n) is 10.2. The molecule has 10 heteroatoms. The van der Waals surface area contributed by atoms with Crippen LogP contribution in [-0.4, -0.2) is 84.6 Å². The number of amides is 1. The van der Waals surface area contributed by atoms with Crippen LogP contribution in [0.3, 0.4) is 0 Å². The lowest BCUT2D eigenvalue weighted by Crippen LogP contribution is -2.50. The maximum Gasteiger partial charge on any atom is 0.291 e. The van der Waals surface area contributed by atoms with Gasteiger partial charge in [-0.05, 0) is 43.8 Å². The molecular weight excluding hydrogens is 436 g/mol. The first-order valence-corrected chi connectivity index (χ1v) is 12.3. The Bertz CT molecular complexity index is 1150. The van der Waals surface area contributed by atoms with Gasteiger partial charge in [0.2, 0.25) is 5.88 Å². The van der Waals surface area contributed by atoms with Gasteiger partial charge in [0.1, 0.15) is 11.9 Å². The fourth-order valence-corrected chi connectivity index (χ4v) is 4.67. The van der Waals surface area contributed by atoms with E-state index in [4.69, 9.17) is 0 Å². The van der Waals surface area contributed by atoms with Crippen LogP contribution in [0.4, 0.5) is 0 Å². The number of fused-ring (bicyclic) bond motifs is 1. The SMILES string of the molecule is CC(C)Cn1c(O)c(C(=O)NC2CC2)c(=O)n2ncc(/C=C/C(O)N3CCN(C4CC4)CC3)c12. The second kappa shape index (κ2) is 9.16. The van der Waals surface area contributed by atoms with Crippen molar-refractivity contribution in [3.05, 3.63) is 33.8 Å². The van der Waals surface area contributed by atoms with E-state index in [0.29, 0.717) is 17.8 Å². The van der Waals surface area contributed by atoms with Gasteiger partial charge in [-0.25, -0.2) is 0 Å². The van der Waals surface area contributed by atoms with Gasteiger partial charge in [0.15, 0.2) is 5.56 Å². The number of nitrogens with zero attached hydrogens (tertiary/aromatic N) is 5. The molecule has 0 bridgehead atoms. The number of aliphatic hydroxyl groups is 1. The summed E-state index contributed by atoms with van der Waals surface area (Å²) in [7, 11) is 0. The second-order valence-corrected chi connectivity index (χ2v) is 10.2. The molecule has 1 aliphatic heterocycles. The molecule has 0 spiro atoms. The molecule has 1 atom stereocenters. The van der Waals surface area contributed by atoms with Crippen LogP contribution in [0, 0.1) is 5.92 Å². The largest absolute Gasteiger partial charge is 0.494 e. The van der Waals surface area contributed by atoms with E-state index in [1.807, 2.05) is 18.7 Å². The topological polar surface area (TPSA) is 115 Å². The van der Waals surface area contributed by atoms with E-state index in [1.165, 1.54) is 23.6 Å². The monoisotopic (exact) mass is 470 g/mol. The zero-order valence-electron chi connectivity index (χ0n) is 19.9. The molecule has 184 valence electrons. The Labute approximate surface area is 198 Å². The van der Waals surface area contributed by atoms with E-state index in [1.54, 1.807) is 16.7 Å². The third kappa shape index (κ3) is 4.62. The van der Waals surface area contributed by atoms with Crippen LogP contribution in [0.15, 0.2) is 17.1 Å². The highest BCUT2D eigenvalue weighted by atomic mass is 16.3. The molecule has 5 rings (SSSR count).